The predicted octanol–water partition coefficient (Wildman–Crippen LogP) is 4.49. The average Bonchev–Trinajstić information content (AvgIpc) is 2.39. The lowest BCUT2D eigenvalue weighted by atomic mass is 10.0. The molecule has 0 fully saturated rings. The highest BCUT2D eigenvalue weighted by Crippen LogP contribution is 2.22. The maximum absolute atomic E-state index is 14.3. The third kappa shape index (κ3) is 3.77. The molecule has 0 aliphatic rings. The maximum atomic E-state index is 14.3. The molecule has 0 saturated carbocycles. The highest BCUT2D eigenvalue weighted by molar-refractivity contribution is 6.88. The minimum Gasteiger partial charge on any atom is -0.242 e. The highest BCUT2D eigenvalue weighted by Gasteiger charge is 2.17. The summed E-state index contributed by atoms with van der Waals surface area (Å²) in [6.45, 7) is 6.91. The van der Waals surface area contributed by atoms with Gasteiger partial charge in [-0.2, -0.15) is 0 Å². The molecule has 1 unspecified atom stereocenters. The van der Waals surface area contributed by atoms with Crippen molar-refractivity contribution in [3.63, 3.8) is 0 Å². The second kappa shape index (κ2) is 5.70. The molecule has 0 aliphatic carbocycles. The van der Waals surface area contributed by atoms with Gasteiger partial charge in [0.15, 0.2) is 0 Å². The normalized spacial score (nSPS) is 13.3. The van der Waals surface area contributed by atoms with Gasteiger partial charge in [0.2, 0.25) is 0 Å². The van der Waals surface area contributed by atoms with E-state index in [4.69, 9.17) is 0 Å². The number of halogens is 1. The van der Waals surface area contributed by atoms with Crippen molar-refractivity contribution in [1.82, 2.24) is 0 Å². The van der Waals surface area contributed by atoms with Gasteiger partial charge in [-0.15, -0.1) is 0 Å². The summed E-state index contributed by atoms with van der Waals surface area (Å²) in [5, 5.41) is 1.38. The van der Waals surface area contributed by atoms with E-state index >= 15 is 0 Å². The summed E-state index contributed by atoms with van der Waals surface area (Å²) >= 11 is 0. The molecule has 19 heavy (non-hydrogen) atoms. The topological polar surface area (TPSA) is 0 Å². The molecule has 0 saturated heterocycles. The third-order valence-electron chi connectivity index (χ3n) is 3.40. The molecular formula is C17H21FSi. The van der Waals surface area contributed by atoms with Gasteiger partial charge >= 0.3 is 0 Å². The van der Waals surface area contributed by atoms with Crippen LogP contribution in [0.1, 0.15) is 17.3 Å². The molecule has 0 heterocycles. The van der Waals surface area contributed by atoms with Crippen LogP contribution in [0.3, 0.4) is 0 Å². The first-order valence-electron chi connectivity index (χ1n) is 6.75. The minimum atomic E-state index is -1.29. The van der Waals surface area contributed by atoms with Crippen LogP contribution >= 0.6 is 0 Å². The lowest BCUT2D eigenvalue weighted by molar-refractivity contribution is 0.342. The molecule has 0 spiro atoms. The van der Waals surface area contributed by atoms with Gasteiger partial charge < -0.3 is 0 Å². The number of hydrogen-bond donors (Lipinski definition) is 0. The standard InChI is InChI=1S/C17H21FSi/c1-19(2,3)16-11-9-15(10-12-16)17(18)13-14-7-5-4-6-8-14/h4-12,17H,13H2,1-3H3. The van der Waals surface area contributed by atoms with Crippen molar-refractivity contribution in [1.29, 1.82) is 0 Å². The van der Waals surface area contributed by atoms with Crippen molar-refractivity contribution in [2.75, 3.05) is 0 Å². The van der Waals surface area contributed by atoms with Crippen molar-refractivity contribution in [2.24, 2.45) is 0 Å². The lowest BCUT2D eigenvalue weighted by Gasteiger charge is -2.17. The van der Waals surface area contributed by atoms with Crippen LogP contribution in [0.5, 0.6) is 0 Å². The second-order valence-corrected chi connectivity index (χ2v) is 11.1. The van der Waals surface area contributed by atoms with Gasteiger partial charge in [0.1, 0.15) is 6.17 Å². The minimum absolute atomic E-state index is 0.452. The number of alkyl halides is 1. The SMILES string of the molecule is C[Si](C)(C)c1ccc(C(F)Cc2ccccc2)cc1. The largest absolute Gasteiger partial charge is 0.242 e. The second-order valence-electron chi connectivity index (χ2n) is 6.03. The van der Waals surface area contributed by atoms with E-state index < -0.39 is 14.2 Å². The van der Waals surface area contributed by atoms with E-state index in [1.54, 1.807) is 0 Å². The summed E-state index contributed by atoms with van der Waals surface area (Å²) in [6, 6.07) is 17.9. The first kappa shape index (κ1) is 14.0. The van der Waals surface area contributed by atoms with Crippen LogP contribution in [0, 0.1) is 0 Å². The Bertz CT molecular complexity index is 511. The fourth-order valence-corrected chi connectivity index (χ4v) is 3.30. The van der Waals surface area contributed by atoms with Crippen LogP contribution in [-0.4, -0.2) is 8.07 Å². The van der Waals surface area contributed by atoms with E-state index in [0.29, 0.717) is 6.42 Å². The highest BCUT2D eigenvalue weighted by atomic mass is 28.3. The molecule has 1 atom stereocenters. The molecule has 0 aromatic heterocycles. The molecule has 100 valence electrons. The molecule has 2 rings (SSSR count). The predicted molar refractivity (Wildman–Crippen MR) is 83.4 cm³/mol. The summed E-state index contributed by atoms with van der Waals surface area (Å²) < 4.78 is 14.3. The van der Waals surface area contributed by atoms with E-state index in [1.807, 2.05) is 42.5 Å². The molecule has 0 bridgehead atoms. The molecule has 0 amide bonds. The fraction of sp³-hybridized carbons (Fsp3) is 0.294. The molecular weight excluding hydrogens is 251 g/mol. The van der Waals surface area contributed by atoms with Crippen molar-refractivity contribution in [3.8, 4) is 0 Å². The number of rotatable bonds is 4. The van der Waals surface area contributed by atoms with Gasteiger partial charge in [-0.25, -0.2) is 4.39 Å². The first-order chi connectivity index (χ1) is 8.97. The van der Waals surface area contributed by atoms with Crippen LogP contribution in [-0.2, 0) is 6.42 Å². The van der Waals surface area contributed by atoms with Crippen LogP contribution in [0.4, 0.5) is 4.39 Å². The van der Waals surface area contributed by atoms with E-state index in [1.165, 1.54) is 5.19 Å². The molecule has 2 aromatic rings. The molecule has 2 aromatic carbocycles. The zero-order valence-corrected chi connectivity index (χ0v) is 12.9. The van der Waals surface area contributed by atoms with E-state index in [9.17, 15) is 4.39 Å². The van der Waals surface area contributed by atoms with Crippen LogP contribution < -0.4 is 5.19 Å². The Kier molecular flexibility index (Phi) is 4.20. The summed E-state index contributed by atoms with van der Waals surface area (Å²) in [5.74, 6) is 0. The Labute approximate surface area is 116 Å². The van der Waals surface area contributed by atoms with Crippen molar-refractivity contribution in [2.45, 2.75) is 32.2 Å². The van der Waals surface area contributed by atoms with E-state index in [0.717, 1.165) is 11.1 Å². The zero-order valence-electron chi connectivity index (χ0n) is 11.9. The summed E-state index contributed by atoms with van der Waals surface area (Å²) in [4.78, 5) is 0. The Hall–Kier alpha value is -1.41. The first-order valence-corrected chi connectivity index (χ1v) is 10.3. The smallest absolute Gasteiger partial charge is 0.129 e. The van der Waals surface area contributed by atoms with Gasteiger partial charge in [-0.1, -0.05) is 79.4 Å². The van der Waals surface area contributed by atoms with E-state index in [-0.39, 0.29) is 0 Å². The molecule has 0 aliphatic heterocycles. The molecule has 2 heteroatoms. The third-order valence-corrected chi connectivity index (χ3v) is 5.46. The van der Waals surface area contributed by atoms with Gasteiger partial charge in [-0.3, -0.25) is 0 Å². The van der Waals surface area contributed by atoms with Gasteiger partial charge in [0, 0.05) is 6.42 Å². The van der Waals surface area contributed by atoms with E-state index in [2.05, 4.69) is 31.8 Å². The zero-order chi connectivity index (χ0) is 13.9. The lowest BCUT2D eigenvalue weighted by Crippen LogP contribution is -2.37. The Morgan fingerprint density at radius 1 is 0.895 bits per heavy atom. The Morgan fingerprint density at radius 3 is 2.00 bits per heavy atom. The maximum Gasteiger partial charge on any atom is 0.129 e. The summed E-state index contributed by atoms with van der Waals surface area (Å²) in [5.41, 5.74) is 1.83. The number of benzene rings is 2. The van der Waals surface area contributed by atoms with Crippen molar-refractivity contribution in [3.05, 3.63) is 65.7 Å². The van der Waals surface area contributed by atoms with Crippen LogP contribution in [0.2, 0.25) is 19.6 Å². The van der Waals surface area contributed by atoms with Gasteiger partial charge in [-0.05, 0) is 11.1 Å². The molecule has 0 N–H and O–H groups in total. The monoisotopic (exact) mass is 272 g/mol. The van der Waals surface area contributed by atoms with Gasteiger partial charge in [0.05, 0.1) is 8.07 Å². The molecule has 0 radical (unpaired) electrons. The quantitative estimate of drug-likeness (QED) is 0.720. The van der Waals surface area contributed by atoms with Crippen molar-refractivity contribution >= 4 is 13.3 Å². The average molecular weight is 272 g/mol. The van der Waals surface area contributed by atoms with Crippen LogP contribution in [0.25, 0.3) is 0 Å². The summed E-state index contributed by atoms with van der Waals surface area (Å²) in [6.07, 6.45) is -0.467. The number of hydrogen-bond acceptors (Lipinski definition) is 0. The van der Waals surface area contributed by atoms with Gasteiger partial charge in [0.25, 0.3) is 0 Å². The van der Waals surface area contributed by atoms with Crippen molar-refractivity contribution < 1.29 is 4.39 Å². The Balaban J connectivity index is 2.10. The van der Waals surface area contributed by atoms with Crippen LogP contribution in [0.15, 0.2) is 54.6 Å². The Morgan fingerprint density at radius 2 is 1.47 bits per heavy atom. The molecule has 0 nitrogen and oxygen atoms in total. The fourth-order valence-electron chi connectivity index (χ4n) is 2.13. The summed E-state index contributed by atoms with van der Waals surface area (Å²) in [7, 11) is -1.29.